The first-order valence-corrected chi connectivity index (χ1v) is 5.19. The summed E-state index contributed by atoms with van der Waals surface area (Å²) in [5.74, 6) is 1.27. The van der Waals surface area contributed by atoms with E-state index in [-0.39, 0.29) is 6.04 Å². The molecule has 0 aliphatic heterocycles. The van der Waals surface area contributed by atoms with Gasteiger partial charge in [0.2, 0.25) is 5.89 Å². The van der Waals surface area contributed by atoms with Gasteiger partial charge in [0.1, 0.15) is 0 Å². The van der Waals surface area contributed by atoms with Gasteiger partial charge in [0.05, 0.1) is 12.5 Å². The fourth-order valence-corrected chi connectivity index (χ4v) is 1.30. The number of nitrogens with zero attached hydrogens (tertiary/aromatic N) is 3. The van der Waals surface area contributed by atoms with Crippen LogP contribution in [0.2, 0.25) is 0 Å². The molecule has 0 aliphatic rings. The molecule has 5 nitrogen and oxygen atoms in total. The molecular weight excluding hydrogens is 204 g/mol. The molecule has 1 unspecified atom stereocenters. The van der Waals surface area contributed by atoms with Crippen molar-refractivity contribution in [3.63, 3.8) is 0 Å². The third kappa shape index (κ3) is 2.43. The minimum absolute atomic E-state index is 0.0741. The molecule has 16 heavy (non-hydrogen) atoms. The van der Waals surface area contributed by atoms with Crippen LogP contribution in [0.15, 0.2) is 28.9 Å². The Morgan fingerprint density at radius 2 is 2.31 bits per heavy atom. The van der Waals surface area contributed by atoms with Crippen LogP contribution >= 0.6 is 0 Å². The fraction of sp³-hybridized carbons (Fsp3) is 0.364. The first kappa shape index (κ1) is 10.8. The Kier molecular flexibility index (Phi) is 3.26. The van der Waals surface area contributed by atoms with Crippen molar-refractivity contribution >= 4 is 0 Å². The van der Waals surface area contributed by atoms with Gasteiger partial charge in [-0.3, -0.25) is 4.98 Å². The van der Waals surface area contributed by atoms with Crippen molar-refractivity contribution in [1.82, 2.24) is 20.4 Å². The highest BCUT2D eigenvalue weighted by molar-refractivity contribution is 5.09. The molecule has 0 aliphatic carbocycles. The summed E-state index contributed by atoms with van der Waals surface area (Å²) in [7, 11) is 1.85. The van der Waals surface area contributed by atoms with E-state index in [9.17, 15) is 0 Å². The van der Waals surface area contributed by atoms with Gasteiger partial charge in [-0.05, 0) is 26.1 Å². The molecule has 2 heterocycles. The van der Waals surface area contributed by atoms with Crippen molar-refractivity contribution < 1.29 is 4.52 Å². The van der Waals surface area contributed by atoms with Gasteiger partial charge in [-0.25, -0.2) is 0 Å². The molecule has 0 saturated heterocycles. The Labute approximate surface area is 93.9 Å². The summed E-state index contributed by atoms with van der Waals surface area (Å²) in [5.41, 5.74) is 0.937. The van der Waals surface area contributed by atoms with Crippen LogP contribution in [0.3, 0.4) is 0 Å². The average molecular weight is 218 g/mol. The topological polar surface area (TPSA) is 63.8 Å². The number of hydrogen-bond donors (Lipinski definition) is 1. The molecule has 1 N–H and O–H groups in total. The highest BCUT2D eigenvalue weighted by Gasteiger charge is 2.12. The Morgan fingerprint density at radius 1 is 1.44 bits per heavy atom. The molecular formula is C11H14N4O. The van der Waals surface area contributed by atoms with Gasteiger partial charge in [-0.15, -0.1) is 0 Å². The van der Waals surface area contributed by atoms with Crippen molar-refractivity contribution in [2.75, 3.05) is 7.05 Å². The summed E-state index contributed by atoms with van der Waals surface area (Å²) in [6, 6.07) is 5.84. The molecule has 0 aromatic carbocycles. The molecule has 0 fully saturated rings. The molecule has 1 atom stereocenters. The molecule has 0 amide bonds. The van der Waals surface area contributed by atoms with E-state index in [1.54, 1.807) is 6.20 Å². The Bertz CT molecular complexity index is 440. The van der Waals surface area contributed by atoms with Crippen LogP contribution in [0.25, 0.3) is 0 Å². The number of pyridine rings is 1. The smallest absolute Gasteiger partial charge is 0.243 e. The van der Waals surface area contributed by atoms with Gasteiger partial charge in [-0.1, -0.05) is 11.2 Å². The first-order valence-electron chi connectivity index (χ1n) is 5.19. The highest BCUT2D eigenvalue weighted by atomic mass is 16.5. The summed E-state index contributed by atoms with van der Waals surface area (Å²) < 4.78 is 5.14. The van der Waals surface area contributed by atoms with Crippen molar-refractivity contribution in [2.24, 2.45) is 0 Å². The summed E-state index contributed by atoms with van der Waals surface area (Å²) in [5, 5.41) is 6.96. The standard InChI is InChI=1S/C11H14N4O/c1-8(12-2)11-14-10(15-16-11)7-9-5-3-4-6-13-9/h3-6,8,12H,7H2,1-2H3. The Hall–Kier alpha value is -1.75. The second-order valence-corrected chi connectivity index (χ2v) is 3.56. The summed E-state index contributed by atoms with van der Waals surface area (Å²) in [6.07, 6.45) is 2.35. The Morgan fingerprint density at radius 3 is 3.00 bits per heavy atom. The largest absolute Gasteiger partial charge is 0.338 e. The van der Waals surface area contributed by atoms with E-state index in [1.165, 1.54) is 0 Å². The predicted octanol–water partition coefficient (Wildman–Crippen LogP) is 1.34. The van der Waals surface area contributed by atoms with Crippen molar-refractivity contribution in [1.29, 1.82) is 0 Å². The lowest BCUT2D eigenvalue weighted by molar-refractivity contribution is 0.343. The van der Waals surface area contributed by atoms with Crippen molar-refractivity contribution in [2.45, 2.75) is 19.4 Å². The molecule has 0 radical (unpaired) electrons. The minimum atomic E-state index is 0.0741. The molecule has 2 rings (SSSR count). The Balaban J connectivity index is 2.09. The molecule has 0 spiro atoms. The predicted molar refractivity (Wildman–Crippen MR) is 58.8 cm³/mol. The van der Waals surface area contributed by atoms with E-state index in [4.69, 9.17) is 4.52 Å². The molecule has 84 valence electrons. The van der Waals surface area contributed by atoms with Crippen LogP contribution in [0.5, 0.6) is 0 Å². The van der Waals surface area contributed by atoms with Crippen LogP contribution in [0.1, 0.15) is 30.4 Å². The SMILES string of the molecule is CNC(C)c1nc(Cc2ccccn2)no1. The third-order valence-electron chi connectivity index (χ3n) is 2.35. The van der Waals surface area contributed by atoms with Crippen molar-refractivity contribution in [3.8, 4) is 0 Å². The summed E-state index contributed by atoms with van der Waals surface area (Å²) in [4.78, 5) is 8.51. The molecule has 0 saturated carbocycles. The van der Waals surface area contributed by atoms with E-state index >= 15 is 0 Å². The zero-order valence-corrected chi connectivity index (χ0v) is 9.34. The monoisotopic (exact) mass is 218 g/mol. The molecule has 5 heteroatoms. The number of rotatable bonds is 4. The van der Waals surface area contributed by atoms with E-state index in [1.807, 2.05) is 32.2 Å². The zero-order valence-electron chi connectivity index (χ0n) is 9.34. The van der Waals surface area contributed by atoms with Crippen LogP contribution in [-0.2, 0) is 6.42 Å². The quantitative estimate of drug-likeness (QED) is 0.838. The molecule has 0 bridgehead atoms. The lowest BCUT2D eigenvalue weighted by Crippen LogP contribution is -2.12. The van der Waals surface area contributed by atoms with Gasteiger partial charge in [0, 0.05) is 11.9 Å². The van der Waals surface area contributed by atoms with E-state index in [0.717, 1.165) is 5.69 Å². The van der Waals surface area contributed by atoms with Gasteiger partial charge in [-0.2, -0.15) is 4.98 Å². The maximum absolute atomic E-state index is 5.14. The van der Waals surface area contributed by atoms with Crippen LogP contribution in [0, 0.1) is 0 Å². The van der Waals surface area contributed by atoms with Gasteiger partial charge >= 0.3 is 0 Å². The second kappa shape index (κ2) is 4.85. The average Bonchev–Trinajstić information content (AvgIpc) is 2.78. The lowest BCUT2D eigenvalue weighted by atomic mass is 10.2. The number of hydrogen-bond acceptors (Lipinski definition) is 5. The van der Waals surface area contributed by atoms with Crippen LogP contribution < -0.4 is 5.32 Å². The first-order chi connectivity index (χ1) is 7.79. The van der Waals surface area contributed by atoms with E-state index < -0.39 is 0 Å². The number of nitrogens with one attached hydrogen (secondary N) is 1. The zero-order chi connectivity index (χ0) is 11.4. The van der Waals surface area contributed by atoms with E-state index in [0.29, 0.717) is 18.1 Å². The van der Waals surface area contributed by atoms with Gasteiger partial charge in [0.25, 0.3) is 0 Å². The summed E-state index contributed by atoms with van der Waals surface area (Å²) in [6.45, 7) is 1.97. The minimum Gasteiger partial charge on any atom is -0.338 e. The van der Waals surface area contributed by atoms with Gasteiger partial charge < -0.3 is 9.84 Å². The highest BCUT2D eigenvalue weighted by Crippen LogP contribution is 2.10. The normalized spacial score (nSPS) is 12.6. The third-order valence-corrected chi connectivity index (χ3v) is 2.35. The van der Waals surface area contributed by atoms with Crippen LogP contribution in [-0.4, -0.2) is 22.2 Å². The van der Waals surface area contributed by atoms with Crippen molar-refractivity contribution in [3.05, 3.63) is 41.8 Å². The molecule has 2 aromatic rings. The second-order valence-electron chi connectivity index (χ2n) is 3.56. The number of aromatic nitrogens is 3. The fourth-order valence-electron chi connectivity index (χ4n) is 1.30. The van der Waals surface area contributed by atoms with E-state index in [2.05, 4.69) is 20.4 Å². The van der Waals surface area contributed by atoms with Gasteiger partial charge in [0.15, 0.2) is 5.82 Å². The summed E-state index contributed by atoms with van der Waals surface area (Å²) >= 11 is 0. The van der Waals surface area contributed by atoms with Crippen LogP contribution in [0.4, 0.5) is 0 Å². The lowest BCUT2D eigenvalue weighted by Gasteiger charge is -2.01. The maximum atomic E-state index is 5.14. The molecule has 2 aromatic heterocycles. The maximum Gasteiger partial charge on any atom is 0.243 e.